The van der Waals surface area contributed by atoms with Crippen LogP contribution in [0, 0.1) is 23.7 Å². The molecule has 0 saturated heterocycles. The van der Waals surface area contributed by atoms with Gasteiger partial charge in [0.1, 0.15) is 11.6 Å². The normalized spacial score (nSPS) is 25.4. The number of hydrogen-bond donors (Lipinski definition) is 5. The number of carbonyl (C=O) groups is 4. The lowest BCUT2D eigenvalue weighted by Crippen LogP contribution is -2.23. The summed E-state index contributed by atoms with van der Waals surface area (Å²) in [6, 6.07) is 0. The highest BCUT2D eigenvalue weighted by atomic mass is 16.5. The van der Waals surface area contributed by atoms with Crippen LogP contribution in [0.2, 0.25) is 0 Å². The Morgan fingerprint density at radius 3 is 1.45 bits per heavy atom. The third-order valence-corrected chi connectivity index (χ3v) is 11.0. The van der Waals surface area contributed by atoms with Crippen molar-refractivity contribution in [2.24, 2.45) is 23.7 Å². The van der Waals surface area contributed by atoms with Crippen molar-refractivity contribution in [3.05, 3.63) is 24.3 Å². The highest BCUT2D eigenvalue weighted by molar-refractivity contribution is 5.85. The van der Waals surface area contributed by atoms with Crippen LogP contribution in [0.1, 0.15) is 169 Å². The van der Waals surface area contributed by atoms with E-state index in [0.717, 1.165) is 96.3 Å². The topological polar surface area (TPSA) is 179 Å². The minimum Gasteiger partial charge on any atom is -0.481 e. The molecule has 0 spiro atoms. The third-order valence-electron chi connectivity index (χ3n) is 11.0. The van der Waals surface area contributed by atoms with Gasteiger partial charge in [0.25, 0.3) is 0 Å². The average Bonchev–Trinajstić information content (AvgIpc) is 3.52. The molecule has 3 unspecified atom stereocenters. The molecule has 8 atom stereocenters. The molecule has 2 rings (SSSR count). The van der Waals surface area contributed by atoms with Gasteiger partial charge in [-0.2, -0.15) is 0 Å². The zero-order chi connectivity index (χ0) is 39.9. The first-order valence-electron chi connectivity index (χ1n) is 20.6. The van der Waals surface area contributed by atoms with Gasteiger partial charge in [0, 0.05) is 49.4 Å². The Balaban J connectivity index is 0.000000530. The monoisotopic (exact) mass is 751 g/mol. The second-order valence-electron chi connectivity index (χ2n) is 16.2. The molecule has 0 radical (unpaired) electrons. The fourth-order valence-electron chi connectivity index (χ4n) is 7.55. The molecule has 5 N–H and O–H groups in total. The molecule has 0 bridgehead atoms. The van der Waals surface area contributed by atoms with E-state index in [1.807, 2.05) is 38.2 Å². The summed E-state index contributed by atoms with van der Waals surface area (Å²) in [5.41, 5.74) is -1.46. The predicted molar refractivity (Wildman–Crippen MR) is 208 cm³/mol. The van der Waals surface area contributed by atoms with Gasteiger partial charge in [-0.15, -0.1) is 0 Å². The molecule has 0 amide bonds. The number of aliphatic carboxylic acids is 1. The Bertz CT molecular complexity index is 1130. The number of ketones is 2. The molecule has 2 aliphatic carbocycles. The number of carbonyl (C=O) groups excluding carboxylic acids is 3. The second-order valence-corrected chi connectivity index (χ2v) is 16.2. The molecule has 0 aromatic rings. The van der Waals surface area contributed by atoms with Gasteiger partial charge in [-0.25, -0.2) is 0 Å². The summed E-state index contributed by atoms with van der Waals surface area (Å²) >= 11 is 0. The lowest BCUT2D eigenvalue weighted by Gasteiger charge is -2.22. The van der Waals surface area contributed by atoms with Gasteiger partial charge >= 0.3 is 11.9 Å². The number of rotatable bonds is 26. The number of unbranched alkanes of at least 4 members (excludes halogenated alkanes) is 8. The van der Waals surface area contributed by atoms with Gasteiger partial charge in [-0.05, 0) is 65.2 Å². The summed E-state index contributed by atoms with van der Waals surface area (Å²) in [7, 11) is 1.40. The van der Waals surface area contributed by atoms with Gasteiger partial charge in [-0.3, -0.25) is 19.2 Å². The minimum atomic E-state index is -0.765. The SMILES string of the molecule is CCCCC(C)(O)C/C=C/[C@H]1C(O)CC(=O)[C@@H]1CCCCCCC(=O)OC.CCCCC(C)(O)C/C=C/[C@H]1[C@H](O)CC(=O)[C@@H]1CCCCCCC(=O)O. The van der Waals surface area contributed by atoms with E-state index < -0.39 is 29.4 Å². The van der Waals surface area contributed by atoms with Gasteiger partial charge < -0.3 is 30.3 Å². The Kier molecular flexibility index (Phi) is 24.2. The summed E-state index contributed by atoms with van der Waals surface area (Å²) in [5.74, 6) is -1.26. The lowest BCUT2D eigenvalue weighted by atomic mass is 9.87. The fraction of sp³-hybridized carbons (Fsp3) is 0.814. The van der Waals surface area contributed by atoms with Crippen LogP contribution < -0.4 is 0 Å². The molecule has 0 aromatic heterocycles. The van der Waals surface area contributed by atoms with Gasteiger partial charge in [0.05, 0.1) is 30.5 Å². The number of ether oxygens (including phenoxy) is 1. The third kappa shape index (κ3) is 20.7. The largest absolute Gasteiger partial charge is 0.481 e. The molecule has 53 heavy (non-hydrogen) atoms. The Labute approximate surface area is 319 Å². The maximum atomic E-state index is 12.2. The molecule has 10 heteroatoms. The Hall–Kier alpha value is -2.40. The van der Waals surface area contributed by atoms with E-state index in [-0.39, 0.29) is 60.5 Å². The molecule has 10 nitrogen and oxygen atoms in total. The van der Waals surface area contributed by atoms with E-state index in [2.05, 4.69) is 18.6 Å². The van der Waals surface area contributed by atoms with Crippen molar-refractivity contribution in [2.75, 3.05) is 7.11 Å². The fourth-order valence-corrected chi connectivity index (χ4v) is 7.55. The van der Waals surface area contributed by atoms with Crippen LogP contribution in [0.25, 0.3) is 0 Å². The summed E-state index contributed by atoms with van der Waals surface area (Å²) in [5, 5.41) is 49.8. The molecular formula is C43H74O10. The molecule has 2 saturated carbocycles. The first-order valence-corrected chi connectivity index (χ1v) is 20.6. The number of methoxy groups -OCH3 is 1. The number of aliphatic hydroxyl groups excluding tert-OH is 2. The number of esters is 1. The van der Waals surface area contributed by atoms with Crippen molar-refractivity contribution in [2.45, 2.75) is 192 Å². The lowest BCUT2D eigenvalue weighted by molar-refractivity contribution is -0.141. The van der Waals surface area contributed by atoms with Crippen LogP contribution in [0.4, 0.5) is 0 Å². The van der Waals surface area contributed by atoms with Crippen LogP contribution in [0.3, 0.4) is 0 Å². The minimum absolute atomic E-state index is 0.121. The maximum Gasteiger partial charge on any atom is 0.305 e. The van der Waals surface area contributed by atoms with Crippen LogP contribution >= 0.6 is 0 Å². The Morgan fingerprint density at radius 2 is 1.08 bits per heavy atom. The van der Waals surface area contributed by atoms with E-state index in [9.17, 15) is 39.6 Å². The number of aliphatic hydroxyl groups is 4. The van der Waals surface area contributed by atoms with Crippen molar-refractivity contribution in [3.8, 4) is 0 Å². The Morgan fingerprint density at radius 1 is 0.679 bits per heavy atom. The van der Waals surface area contributed by atoms with Crippen LogP contribution in [-0.2, 0) is 23.9 Å². The van der Waals surface area contributed by atoms with Crippen LogP contribution in [0.5, 0.6) is 0 Å². The molecule has 0 heterocycles. The van der Waals surface area contributed by atoms with E-state index in [1.165, 1.54) is 7.11 Å². The highest BCUT2D eigenvalue weighted by Gasteiger charge is 2.40. The van der Waals surface area contributed by atoms with Crippen molar-refractivity contribution in [3.63, 3.8) is 0 Å². The second kappa shape index (κ2) is 26.4. The molecule has 306 valence electrons. The maximum absolute atomic E-state index is 12.2. The average molecular weight is 751 g/mol. The summed E-state index contributed by atoms with van der Waals surface area (Å²) in [6.07, 6.45) is 22.7. The predicted octanol–water partition coefficient (Wildman–Crippen LogP) is 7.82. The summed E-state index contributed by atoms with van der Waals surface area (Å²) < 4.78 is 4.62. The van der Waals surface area contributed by atoms with E-state index in [4.69, 9.17) is 5.11 Å². The number of carboxylic acids is 1. The summed E-state index contributed by atoms with van der Waals surface area (Å²) in [4.78, 5) is 46.0. The van der Waals surface area contributed by atoms with Crippen molar-refractivity contribution in [1.82, 2.24) is 0 Å². The van der Waals surface area contributed by atoms with Crippen molar-refractivity contribution >= 4 is 23.5 Å². The molecule has 0 aliphatic heterocycles. The van der Waals surface area contributed by atoms with Gasteiger partial charge in [-0.1, -0.05) is 102 Å². The standard InChI is InChI=1S/C22H38O5.C21H36O5/c1-4-5-14-22(2,26)15-10-12-18-17(19(23)16-20(18)24)11-8-6-7-9-13-21(25)27-3;1-3-4-13-21(2,26)14-9-11-17-16(18(22)15-19(17)23)10-7-5-6-8-12-20(24)25/h10,12,17-18,20,24,26H,4-9,11,13-16H2,1-3H3;9,11,16-17,19,23,26H,3-8,10,12-15H2,1-2H3,(H,24,25)/b12-10+;11-9+/t17-,18-,20?,22?;16-,17-,19-,21?/m11/s1. The van der Waals surface area contributed by atoms with Gasteiger partial charge in [0.15, 0.2) is 0 Å². The van der Waals surface area contributed by atoms with Crippen molar-refractivity contribution < 1.29 is 49.4 Å². The van der Waals surface area contributed by atoms with Gasteiger partial charge in [0.2, 0.25) is 0 Å². The van der Waals surface area contributed by atoms with E-state index in [1.54, 1.807) is 0 Å². The first kappa shape index (κ1) is 48.6. The molecule has 2 fully saturated rings. The quantitative estimate of drug-likeness (QED) is 0.0333. The van der Waals surface area contributed by atoms with Crippen molar-refractivity contribution in [1.29, 1.82) is 0 Å². The van der Waals surface area contributed by atoms with Crippen LogP contribution in [-0.4, -0.2) is 79.6 Å². The van der Waals surface area contributed by atoms with E-state index in [0.29, 0.717) is 25.7 Å². The highest BCUT2D eigenvalue weighted by Crippen LogP contribution is 2.36. The summed E-state index contributed by atoms with van der Waals surface area (Å²) in [6.45, 7) is 7.87. The number of hydrogen-bond acceptors (Lipinski definition) is 9. The van der Waals surface area contributed by atoms with E-state index >= 15 is 0 Å². The molecule has 0 aromatic carbocycles. The number of carboxylic acid groups (broad SMARTS) is 1. The molecule has 2 aliphatic rings. The number of Topliss-reactive ketones (excluding diaryl/α,β-unsaturated/α-hetero) is 2. The smallest absolute Gasteiger partial charge is 0.305 e. The zero-order valence-electron chi connectivity index (χ0n) is 33.6. The molecular weight excluding hydrogens is 676 g/mol. The zero-order valence-corrected chi connectivity index (χ0v) is 33.6. The first-order chi connectivity index (χ1) is 25.1. The van der Waals surface area contributed by atoms with Crippen LogP contribution in [0.15, 0.2) is 24.3 Å².